The van der Waals surface area contributed by atoms with Gasteiger partial charge in [0.25, 0.3) is 0 Å². The lowest BCUT2D eigenvalue weighted by molar-refractivity contribution is -0.142. The Morgan fingerprint density at radius 1 is 1.25 bits per heavy atom. The van der Waals surface area contributed by atoms with Crippen molar-refractivity contribution in [3.8, 4) is 0 Å². The van der Waals surface area contributed by atoms with E-state index in [1.807, 2.05) is 12.1 Å². The van der Waals surface area contributed by atoms with Crippen molar-refractivity contribution in [3.63, 3.8) is 0 Å². The van der Waals surface area contributed by atoms with Crippen LogP contribution in [-0.2, 0) is 4.79 Å². The summed E-state index contributed by atoms with van der Waals surface area (Å²) in [6, 6.07) is 8.06. The van der Waals surface area contributed by atoms with Crippen LogP contribution in [0.25, 0.3) is 0 Å². The quantitative estimate of drug-likeness (QED) is 0.899. The van der Waals surface area contributed by atoms with Crippen LogP contribution in [0.1, 0.15) is 24.0 Å². The number of anilines is 3. The van der Waals surface area contributed by atoms with Crippen molar-refractivity contribution in [2.45, 2.75) is 26.7 Å². The summed E-state index contributed by atoms with van der Waals surface area (Å²) in [7, 11) is 0. The molecule has 0 atom stereocenters. The maximum absolute atomic E-state index is 11.1. The van der Waals surface area contributed by atoms with Gasteiger partial charge in [0.15, 0.2) is 0 Å². The van der Waals surface area contributed by atoms with Gasteiger partial charge in [-0.3, -0.25) is 4.79 Å². The molecule has 1 saturated heterocycles. The Morgan fingerprint density at radius 3 is 2.67 bits per heavy atom. The molecule has 3 rings (SSSR count). The predicted molar refractivity (Wildman–Crippen MR) is 93.8 cm³/mol. The van der Waals surface area contributed by atoms with E-state index in [1.165, 1.54) is 5.56 Å². The molecule has 0 amide bonds. The SMILES string of the molecule is Cc1ccc(Nc2nccc(N3CCC(C(=O)O)CC3)n2)c(C)c1. The molecule has 2 N–H and O–H groups in total. The average Bonchev–Trinajstić information content (AvgIpc) is 2.58. The second kappa shape index (κ2) is 6.86. The molecule has 24 heavy (non-hydrogen) atoms. The van der Waals surface area contributed by atoms with Crippen molar-refractivity contribution < 1.29 is 9.90 Å². The van der Waals surface area contributed by atoms with Gasteiger partial charge in [-0.1, -0.05) is 17.7 Å². The van der Waals surface area contributed by atoms with Crippen LogP contribution in [0, 0.1) is 19.8 Å². The Labute approximate surface area is 141 Å². The largest absolute Gasteiger partial charge is 0.481 e. The molecule has 1 aliphatic heterocycles. The molecule has 126 valence electrons. The number of piperidine rings is 1. The van der Waals surface area contributed by atoms with E-state index in [0.717, 1.165) is 17.1 Å². The second-order valence-corrected chi connectivity index (χ2v) is 6.28. The molecular formula is C18H22N4O2. The van der Waals surface area contributed by atoms with E-state index >= 15 is 0 Å². The van der Waals surface area contributed by atoms with Crippen LogP contribution < -0.4 is 10.2 Å². The number of carboxylic acids is 1. The number of aromatic nitrogens is 2. The highest BCUT2D eigenvalue weighted by Crippen LogP contribution is 2.24. The maximum Gasteiger partial charge on any atom is 0.306 e. The van der Waals surface area contributed by atoms with Crippen LogP contribution in [0.15, 0.2) is 30.5 Å². The fourth-order valence-corrected chi connectivity index (χ4v) is 3.02. The van der Waals surface area contributed by atoms with Crippen LogP contribution in [0.5, 0.6) is 0 Å². The molecule has 0 saturated carbocycles. The summed E-state index contributed by atoms with van der Waals surface area (Å²) in [5.74, 6) is 0.450. The molecule has 6 nitrogen and oxygen atoms in total. The van der Waals surface area contributed by atoms with E-state index in [4.69, 9.17) is 5.11 Å². The summed E-state index contributed by atoms with van der Waals surface area (Å²) in [4.78, 5) is 22.1. The molecular weight excluding hydrogens is 304 g/mol. The smallest absolute Gasteiger partial charge is 0.306 e. The molecule has 1 aromatic heterocycles. The third-order valence-corrected chi connectivity index (χ3v) is 4.44. The maximum atomic E-state index is 11.1. The third-order valence-electron chi connectivity index (χ3n) is 4.44. The van der Waals surface area contributed by atoms with Crippen LogP contribution in [0.4, 0.5) is 17.5 Å². The van der Waals surface area contributed by atoms with Gasteiger partial charge in [0.05, 0.1) is 5.92 Å². The molecule has 1 aromatic carbocycles. The monoisotopic (exact) mass is 326 g/mol. The first-order valence-electron chi connectivity index (χ1n) is 8.18. The number of carbonyl (C=O) groups is 1. The van der Waals surface area contributed by atoms with Crippen molar-refractivity contribution in [3.05, 3.63) is 41.6 Å². The van der Waals surface area contributed by atoms with Gasteiger partial charge < -0.3 is 15.3 Å². The molecule has 0 spiro atoms. The molecule has 0 aliphatic carbocycles. The van der Waals surface area contributed by atoms with Gasteiger partial charge >= 0.3 is 5.97 Å². The molecule has 0 radical (unpaired) electrons. The molecule has 0 unspecified atom stereocenters. The minimum absolute atomic E-state index is 0.240. The first-order chi connectivity index (χ1) is 11.5. The summed E-state index contributed by atoms with van der Waals surface area (Å²) < 4.78 is 0. The van der Waals surface area contributed by atoms with E-state index in [1.54, 1.807) is 6.20 Å². The fraction of sp³-hybridized carbons (Fsp3) is 0.389. The van der Waals surface area contributed by atoms with Crippen LogP contribution >= 0.6 is 0 Å². The summed E-state index contributed by atoms with van der Waals surface area (Å²) >= 11 is 0. The van der Waals surface area contributed by atoms with Crippen LogP contribution in [-0.4, -0.2) is 34.1 Å². The Bertz CT molecular complexity index is 740. The van der Waals surface area contributed by atoms with Gasteiger partial charge in [0.1, 0.15) is 5.82 Å². The first kappa shape index (κ1) is 16.2. The molecule has 2 heterocycles. The van der Waals surface area contributed by atoms with Gasteiger partial charge in [-0.2, -0.15) is 4.98 Å². The number of nitrogens with zero attached hydrogens (tertiary/aromatic N) is 3. The number of aryl methyl sites for hydroxylation is 2. The number of hydrogen-bond donors (Lipinski definition) is 2. The Kier molecular flexibility index (Phi) is 4.64. The number of hydrogen-bond acceptors (Lipinski definition) is 5. The number of aliphatic carboxylic acids is 1. The highest BCUT2D eigenvalue weighted by molar-refractivity contribution is 5.70. The predicted octanol–water partition coefficient (Wildman–Crippen LogP) is 3.14. The minimum Gasteiger partial charge on any atom is -0.481 e. The van der Waals surface area contributed by atoms with Gasteiger partial charge in [0.2, 0.25) is 5.95 Å². The Hall–Kier alpha value is -2.63. The molecule has 0 bridgehead atoms. The van der Waals surface area contributed by atoms with Crippen molar-refractivity contribution in [1.82, 2.24) is 9.97 Å². The summed E-state index contributed by atoms with van der Waals surface area (Å²) in [5, 5.41) is 12.4. The zero-order valence-electron chi connectivity index (χ0n) is 14.0. The summed E-state index contributed by atoms with van der Waals surface area (Å²) in [6.07, 6.45) is 3.04. The van der Waals surface area contributed by atoms with E-state index < -0.39 is 5.97 Å². The topological polar surface area (TPSA) is 78.4 Å². The average molecular weight is 326 g/mol. The zero-order chi connectivity index (χ0) is 17.1. The fourth-order valence-electron chi connectivity index (χ4n) is 3.02. The van der Waals surface area contributed by atoms with Gasteiger partial charge in [-0.15, -0.1) is 0 Å². The number of nitrogens with one attached hydrogen (secondary N) is 1. The van der Waals surface area contributed by atoms with Crippen molar-refractivity contribution in [1.29, 1.82) is 0 Å². The molecule has 1 fully saturated rings. The van der Waals surface area contributed by atoms with Gasteiger partial charge in [-0.25, -0.2) is 4.98 Å². The van der Waals surface area contributed by atoms with Crippen molar-refractivity contribution >= 4 is 23.4 Å². The van der Waals surface area contributed by atoms with Gasteiger partial charge in [-0.05, 0) is 44.4 Å². The van der Waals surface area contributed by atoms with E-state index in [-0.39, 0.29) is 5.92 Å². The second-order valence-electron chi connectivity index (χ2n) is 6.28. The summed E-state index contributed by atoms with van der Waals surface area (Å²) in [5.41, 5.74) is 3.35. The third kappa shape index (κ3) is 3.64. The Balaban J connectivity index is 1.71. The number of carboxylic acid groups (broad SMARTS) is 1. The van der Waals surface area contributed by atoms with Gasteiger partial charge in [0, 0.05) is 25.0 Å². The highest BCUT2D eigenvalue weighted by atomic mass is 16.4. The molecule has 1 aliphatic rings. The number of rotatable bonds is 4. The minimum atomic E-state index is -0.700. The van der Waals surface area contributed by atoms with E-state index in [9.17, 15) is 4.79 Å². The van der Waals surface area contributed by atoms with Crippen LogP contribution in [0.3, 0.4) is 0 Å². The lowest BCUT2D eigenvalue weighted by Gasteiger charge is -2.31. The lowest BCUT2D eigenvalue weighted by Crippen LogP contribution is -2.36. The van der Waals surface area contributed by atoms with Crippen molar-refractivity contribution in [2.75, 3.05) is 23.3 Å². The normalized spacial score (nSPS) is 15.3. The standard InChI is InChI=1S/C18H22N4O2/c1-12-3-4-15(13(2)11-12)20-18-19-8-5-16(21-18)22-9-6-14(7-10-22)17(23)24/h3-5,8,11,14H,6-7,9-10H2,1-2H3,(H,23,24)(H,19,20,21). The first-order valence-corrected chi connectivity index (χ1v) is 8.18. The Morgan fingerprint density at radius 2 is 2.00 bits per heavy atom. The lowest BCUT2D eigenvalue weighted by atomic mass is 9.97. The van der Waals surface area contributed by atoms with E-state index in [2.05, 4.69) is 46.2 Å². The van der Waals surface area contributed by atoms with Crippen LogP contribution in [0.2, 0.25) is 0 Å². The zero-order valence-corrected chi connectivity index (χ0v) is 14.0. The highest BCUT2D eigenvalue weighted by Gasteiger charge is 2.25. The molecule has 6 heteroatoms. The van der Waals surface area contributed by atoms with E-state index in [0.29, 0.717) is 31.9 Å². The molecule has 2 aromatic rings. The summed E-state index contributed by atoms with van der Waals surface area (Å²) in [6.45, 7) is 5.53. The van der Waals surface area contributed by atoms with Crippen molar-refractivity contribution in [2.24, 2.45) is 5.92 Å². The number of benzene rings is 1.